The topological polar surface area (TPSA) is 64.3 Å². The molecule has 1 amide bonds. The zero-order chi connectivity index (χ0) is 12.8. The second kappa shape index (κ2) is 6.97. The van der Waals surface area contributed by atoms with Crippen molar-refractivity contribution in [1.82, 2.24) is 5.32 Å². The zero-order valence-electron chi connectivity index (χ0n) is 11.2. The van der Waals surface area contributed by atoms with Gasteiger partial charge in [-0.3, -0.25) is 4.79 Å². The fourth-order valence-corrected chi connectivity index (χ4v) is 2.54. The van der Waals surface area contributed by atoms with Gasteiger partial charge >= 0.3 is 0 Å². The standard InChI is InChI=1S/C13H26N2O2/c1-4-10(8-17-3)15-13(16)11-6-5-7-12(14)9(11)2/h9-12H,4-8,14H2,1-3H3,(H,15,16). The van der Waals surface area contributed by atoms with E-state index in [0.29, 0.717) is 6.61 Å². The van der Waals surface area contributed by atoms with Crippen molar-refractivity contribution in [3.8, 4) is 0 Å². The number of carbonyl (C=O) groups is 1. The molecule has 0 aliphatic heterocycles. The summed E-state index contributed by atoms with van der Waals surface area (Å²) in [6.45, 7) is 4.72. The molecule has 1 rings (SSSR count). The van der Waals surface area contributed by atoms with Crippen molar-refractivity contribution in [1.29, 1.82) is 0 Å². The highest BCUT2D eigenvalue weighted by Crippen LogP contribution is 2.29. The normalized spacial score (nSPS) is 30.9. The van der Waals surface area contributed by atoms with Crippen molar-refractivity contribution in [2.75, 3.05) is 13.7 Å². The lowest BCUT2D eigenvalue weighted by atomic mass is 9.77. The van der Waals surface area contributed by atoms with E-state index in [-0.39, 0.29) is 29.8 Å². The third-order valence-corrected chi connectivity index (χ3v) is 3.91. The number of methoxy groups -OCH3 is 1. The fourth-order valence-electron chi connectivity index (χ4n) is 2.54. The molecule has 0 saturated heterocycles. The molecule has 0 bridgehead atoms. The van der Waals surface area contributed by atoms with Gasteiger partial charge in [0.1, 0.15) is 0 Å². The summed E-state index contributed by atoms with van der Waals surface area (Å²) in [7, 11) is 1.66. The van der Waals surface area contributed by atoms with E-state index in [2.05, 4.69) is 19.2 Å². The Balaban J connectivity index is 2.50. The summed E-state index contributed by atoms with van der Waals surface area (Å²) >= 11 is 0. The van der Waals surface area contributed by atoms with Crippen molar-refractivity contribution in [3.63, 3.8) is 0 Å². The molecule has 4 atom stereocenters. The second-order valence-electron chi connectivity index (χ2n) is 5.13. The summed E-state index contributed by atoms with van der Waals surface area (Å²) in [6.07, 6.45) is 3.96. The molecule has 1 aliphatic carbocycles. The van der Waals surface area contributed by atoms with Gasteiger partial charge in [-0.2, -0.15) is 0 Å². The summed E-state index contributed by atoms with van der Waals surface area (Å²) in [5, 5.41) is 3.07. The average molecular weight is 242 g/mol. The molecule has 17 heavy (non-hydrogen) atoms. The summed E-state index contributed by atoms with van der Waals surface area (Å²) in [4.78, 5) is 12.2. The number of hydrogen-bond donors (Lipinski definition) is 2. The Hall–Kier alpha value is -0.610. The van der Waals surface area contributed by atoms with Crippen molar-refractivity contribution in [3.05, 3.63) is 0 Å². The predicted molar refractivity (Wildman–Crippen MR) is 68.6 cm³/mol. The maximum atomic E-state index is 12.2. The molecule has 1 fully saturated rings. The Labute approximate surface area is 104 Å². The van der Waals surface area contributed by atoms with Crippen LogP contribution in [-0.4, -0.2) is 31.7 Å². The lowest BCUT2D eigenvalue weighted by Gasteiger charge is -2.33. The van der Waals surface area contributed by atoms with Gasteiger partial charge in [-0.15, -0.1) is 0 Å². The highest BCUT2D eigenvalue weighted by molar-refractivity contribution is 5.79. The van der Waals surface area contributed by atoms with E-state index < -0.39 is 0 Å². The van der Waals surface area contributed by atoms with Crippen LogP contribution >= 0.6 is 0 Å². The Kier molecular flexibility index (Phi) is 5.92. The maximum Gasteiger partial charge on any atom is 0.223 e. The van der Waals surface area contributed by atoms with Gasteiger partial charge in [0.05, 0.1) is 12.6 Å². The molecule has 3 N–H and O–H groups in total. The highest BCUT2D eigenvalue weighted by Gasteiger charge is 2.33. The van der Waals surface area contributed by atoms with Gasteiger partial charge in [0.2, 0.25) is 5.91 Å². The lowest BCUT2D eigenvalue weighted by molar-refractivity contribution is -0.129. The largest absolute Gasteiger partial charge is 0.383 e. The summed E-state index contributed by atoms with van der Waals surface area (Å²) in [5.41, 5.74) is 6.02. The van der Waals surface area contributed by atoms with Crippen molar-refractivity contribution < 1.29 is 9.53 Å². The van der Waals surface area contributed by atoms with Crippen LogP contribution in [0.3, 0.4) is 0 Å². The summed E-state index contributed by atoms with van der Waals surface area (Å²) < 4.78 is 5.09. The Morgan fingerprint density at radius 3 is 2.82 bits per heavy atom. The molecule has 0 heterocycles. The van der Waals surface area contributed by atoms with E-state index in [1.165, 1.54) is 0 Å². The van der Waals surface area contributed by atoms with E-state index in [9.17, 15) is 4.79 Å². The van der Waals surface area contributed by atoms with Crippen LogP contribution in [-0.2, 0) is 9.53 Å². The Morgan fingerprint density at radius 2 is 2.24 bits per heavy atom. The van der Waals surface area contributed by atoms with Crippen LogP contribution in [0.15, 0.2) is 0 Å². The molecule has 4 heteroatoms. The zero-order valence-corrected chi connectivity index (χ0v) is 11.2. The second-order valence-corrected chi connectivity index (χ2v) is 5.13. The fraction of sp³-hybridized carbons (Fsp3) is 0.923. The number of nitrogens with two attached hydrogens (primary N) is 1. The first-order valence-electron chi connectivity index (χ1n) is 6.65. The quantitative estimate of drug-likeness (QED) is 0.763. The van der Waals surface area contributed by atoms with Gasteiger partial charge in [-0.1, -0.05) is 20.3 Å². The minimum atomic E-state index is 0.0738. The number of rotatable bonds is 5. The molecular weight excluding hydrogens is 216 g/mol. The van der Waals surface area contributed by atoms with Crippen molar-refractivity contribution in [2.45, 2.75) is 51.6 Å². The first kappa shape index (κ1) is 14.5. The average Bonchev–Trinajstić information content (AvgIpc) is 2.31. The molecular formula is C13H26N2O2. The summed E-state index contributed by atoms with van der Waals surface area (Å²) in [6, 6.07) is 0.292. The molecule has 0 aromatic heterocycles. The third kappa shape index (κ3) is 3.96. The van der Waals surface area contributed by atoms with Crippen LogP contribution in [0.25, 0.3) is 0 Å². The number of ether oxygens (including phenoxy) is 1. The molecule has 0 spiro atoms. The van der Waals surface area contributed by atoms with Gasteiger partial charge in [-0.05, 0) is 25.2 Å². The molecule has 4 unspecified atom stereocenters. The molecule has 0 radical (unpaired) electrons. The summed E-state index contributed by atoms with van der Waals surface area (Å²) in [5.74, 6) is 0.505. The minimum Gasteiger partial charge on any atom is -0.383 e. The SMILES string of the molecule is CCC(COC)NC(=O)C1CCCC(N)C1C. The van der Waals surface area contributed by atoms with Gasteiger partial charge in [0.25, 0.3) is 0 Å². The first-order valence-corrected chi connectivity index (χ1v) is 6.65. The number of nitrogens with one attached hydrogen (secondary N) is 1. The van der Waals surface area contributed by atoms with Gasteiger partial charge < -0.3 is 15.8 Å². The van der Waals surface area contributed by atoms with Gasteiger partial charge in [0.15, 0.2) is 0 Å². The Morgan fingerprint density at radius 1 is 1.53 bits per heavy atom. The van der Waals surface area contributed by atoms with Gasteiger partial charge in [-0.25, -0.2) is 0 Å². The van der Waals surface area contributed by atoms with Crippen LogP contribution in [0.1, 0.15) is 39.5 Å². The van der Waals surface area contributed by atoms with E-state index in [4.69, 9.17) is 10.5 Å². The van der Waals surface area contributed by atoms with Gasteiger partial charge in [0, 0.05) is 19.1 Å². The minimum absolute atomic E-state index is 0.0738. The van der Waals surface area contributed by atoms with E-state index in [1.54, 1.807) is 7.11 Å². The molecule has 0 aromatic carbocycles. The third-order valence-electron chi connectivity index (χ3n) is 3.91. The van der Waals surface area contributed by atoms with Crippen LogP contribution < -0.4 is 11.1 Å². The monoisotopic (exact) mass is 242 g/mol. The highest BCUT2D eigenvalue weighted by atomic mass is 16.5. The molecule has 4 nitrogen and oxygen atoms in total. The van der Waals surface area contributed by atoms with Crippen LogP contribution in [0, 0.1) is 11.8 Å². The lowest BCUT2D eigenvalue weighted by Crippen LogP contribution is -2.47. The number of hydrogen-bond acceptors (Lipinski definition) is 3. The van der Waals surface area contributed by atoms with E-state index in [0.717, 1.165) is 25.7 Å². The molecule has 0 aromatic rings. The van der Waals surface area contributed by atoms with E-state index >= 15 is 0 Å². The van der Waals surface area contributed by atoms with E-state index in [1.807, 2.05) is 0 Å². The smallest absolute Gasteiger partial charge is 0.223 e. The Bertz CT molecular complexity index is 246. The van der Waals surface area contributed by atoms with Crippen LogP contribution in [0.4, 0.5) is 0 Å². The predicted octanol–water partition coefficient (Wildman–Crippen LogP) is 1.29. The maximum absolute atomic E-state index is 12.2. The first-order chi connectivity index (χ1) is 8.10. The molecule has 1 aliphatic rings. The van der Waals surface area contributed by atoms with Crippen molar-refractivity contribution in [2.24, 2.45) is 17.6 Å². The van der Waals surface area contributed by atoms with Crippen LogP contribution in [0.2, 0.25) is 0 Å². The number of carbonyl (C=O) groups excluding carboxylic acids is 1. The van der Waals surface area contributed by atoms with Crippen molar-refractivity contribution >= 4 is 5.91 Å². The van der Waals surface area contributed by atoms with Crippen LogP contribution in [0.5, 0.6) is 0 Å². The molecule has 100 valence electrons. The molecule has 1 saturated carbocycles. The number of amides is 1.